The Morgan fingerprint density at radius 1 is 0.929 bits per heavy atom. The van der Waals surface area contributed by atoms with E-state index in [1.54, 1.807) is 12.1 Å². The minimum absolute atomic E-state index is 0.0541. The van der Waals surface area contributed by atoms with Crippen LogP contribution in [0.15, 0.2) is 59.2 Å². The fourth-order valence-corrected chi connectivity index (χ4v) is 2.65. The number of rotatable bonds is 4. The van der Waals surface area contributed by atoms with E-state index >= 15 is 0 Å². The number of furan rings is 1. The zero-order chi connectivity index (χ0) is 20.5. The Hall–Kier alpha value is -3.54. The molecule has 0 aliphatic heterocycles. The Balaban J connectivity index is 1.86. The van der Waals surface area contributed by atoms with E-state index in [-0.39, 0.29) is 22.5 Å². The average molecular weight is 380 g/mol. The minimum Gasteiger partial charge on any atom is -0.504 e. The maximum Gasteiger partial charge on any atom is 0.379 e. The zero-order valence-electron chi connectivity index (χ0n) is 15.7. The molecule has 0 saturated heterocycles. The summed E-state index contributed by atoms with van der Waals surface area (Å²) in [7, 11) is 0. The topological polar surface area (TPSA) is 97.0 Å². The number of hydrogen-bond acceptors (Lipinski definition) is 6. The number of esters is 1. The second kappa shape index (κ2) is 7.23. The third-order valence-corrected chi connectivity index (χ3v) is 4.30. The summed E-state index contributed by atoms with van der Waals surface area (Å²) in [6.45, 7) is 6.20. The molecule has 6 heteroatoms. The van der Waals surface area contributed by atoms with Crippen molar-refractivity contribution in [3.05, 3.63) is 77.2 Å². The highest BCUT2D eigenvalue weighted by atomic mass is 16.6. The monoisotopic (exact) mass is 380 g/mol. The predicted octanol–water partition coefficient (Wildman–Crippen LogP) is 4.44. The standard InChI is InChI=1S/C22H20O6/c1-22(2,3)14-8-6-13(7-9-14)18(23)15-10-11-16(20(25)19(15)24)28-21(26)17-5-4-12-27-17/h4-12,24-25H,1-3H3. The quantitative estimate of drug-likeness (QED) is 0.301. The van der Waals surface area contributed by atoms with Crippen molar-refractivity contribution in [2.75, 3.05) is 0 Å². The molecule has 1 aromatic heterocycles. The fraction of sp³-hybridized carbons (Fsp3) is 0.182. The van der Waals surface area contributed by atoms with Crippen molar-refractivity contribution in [1.82, 2.24) is 0 Å². The summed E-state index contributed by atoms with van der Waals surface area (Å²) in [6.07, 6.45) is 1.31. The molecule has 0 aliphatic rings. The van der Waals surface area contributed by atoms with Gasteiger partial charge in [-0.05, 0) is 35.2 Å². The largest absolute Gasteiger partial charge is 0.504 e. The lowest BCUT2D eigenvalue weighted by Crippen LogP contribution is -2.11. The molecule has 3 rings (SSSR count). The van der Waals surface area contributed by atoms with Crippen molar-refractivity contribution in [2.45, 2.75) is 26.2 Å². The summed E-state index contributed by atoms with van der Waals surface area (Å²) in [4.78, 5) is 24.6. The van der Waals surface area contributed by atoms with E-state index in [0.717, 1.165) is 5.56 Å². The number of phenols is 2. The first-order chi connectivity index (χ1) is 13.2. The summed E-state index contributed by atoms with van der Waals surface area (Å²) >= 11 is 0. The maximum atomic E-state index is 12.7. The molecule has 144 valence electrons. The Morgan fingerprint density at radius 3 is 2.18 bits per heavy atom. The highest BCUT2D eigenvalue weighted by Crippen LogP contribution is 2.39. The van der Waals surface area contributed by atoms with Crippen LogP contribution in [0.3, 0.4) is 0 Å². The molecule has 28 heavy (non-hydrogen) atoms. The molecule has 0 radical (unpaired) electrons. The van der Waals surface area contributed by atoms with Gasteiger partial charge >= 0.3 is 5.97 Å². The Morgan fingerprint density at radius 2 is 1.61 bits per heavy atom. The summed E-state index contributed by atoms with van der Waals surface area (Å²) in [5.41, 5.74) is 1.28. The van der Waals surface area contributed by atoms with Gasteiger partial charge in [-0.2, -0.15) is 0 Å². The molecule has 0 fully saturated rings. The van der Waals surface area contributed by atoms with E-state index in [9.17, 15) is 19.8 Å². The number of ketones is 1. The molecular weight excluding hydrogens is 360 g/mol. The summed E-state index contributed by atoms with van der Waals surface area (Å²) < 4.78 is 9.93. The van der Waals surface area contributed by atoms with E-state index in [0.29, 0.717) is 5.56 Å². The molecule has 0 bridgehead atoms. The third-order valence-electron chi connectivity index (χ3n) is 4.30. The maximum absolute atomic E-state index is 12.7. The fourth-order valence-electron chi connectivity index (χ4n) is 2.65. The van der Waals surface area contributed by atoms with Crippen molar-refractivity contribution in [3.8, 4) is 17.2 Å². The third kappa shape index (κ3) is 3.76. The highest BCUT2D eigenvalue weighted by molar-refractivity contribution is 6.11. The van der Waals surface area contributed by atoms with Gasteiger partial charge in [0, 0.05) is 5.56 Å². The number of carbonyl (C=O) groups excluding carboxylic acids is 2. The molecule has 2 aromatic carbocycles. The van der Waals surface area contributed by atoms with E-state index in [4.69, 9.17) is 9.15 Å². The molecule has 0 aliphatic carbocycles. The van der Waals surface area contributed by atoms with Crippen molar-refractivity contribution >= 4 is 11.8 Å². The average Bonchev–Trinajstić information content (AvgIpc) is 3.19. The Bertz CT molecular complexity index is 1010. The molecule has 2 N–H and O–H groups in total. The lowest BCUT2D eigenvalue weighted by Gasteiger charge is -2.19. The summed E-state index contributed by atoms with van der Waals surface area (Å²) in [5.74, 6) is -2.99. The van der Waals surface area contributed by atoms with Gasteiger partial charge < -0.3 is 19.4 Å². The van der Waals surface area contributed by atoms with Gasteiger partial charge in [0.15, 0.2) is 17.3 Å². The van der Waals surface area contributed by atoms with Gasteiger partial charge in [0.05, 0.1) is 11.8 Å². The van der Waals surface area contributed by atoms with Crippen LogP contribution in [0.25, 0.3) is 0 Å². The van der Waals surface area contributed by atoms with Crippen LogP contribution >= 0.6 is 0 Å². The summed E-state index contributed by atoms with van der Waals surface area (Å²) in [5, 5.41) is 20.4. The molecule has 0 saturated carbocycles. The van der Waals surface area contributed by atoms with Gasteiger partial charge in [-0.3, -0.25) is 4.79 Å². The van der Waals surface area contributed by atoms with Gasteiger partial charge in [-0.25, -0.2) is 4.79 Å². The highest BCUT2D eigenvalue weighted by Gasteiger charge is 2.22. The first-order valence-corrected chi connectivity index (χ1v) is 8.64. The SMILES string of the molecule is CC(C)(C)c1ccc(C(=O)c2ccc(OC(=O)c3ccco3)c(O)c2O)cc1. The van der Waals surface area contributed by atoms with Crippen LogP contribution in [0.1, 0.15) is 52.8 Å². The first-order valence-electron chi connectivity index (χ1n) is 8.64. The van der Waals surface area contributed by atoms with Gasteiger partial charge in [0.2, 0.25) is 11.5 Å². The van der Waals surface area contributed by atoms with E-state index in [1.807, 2.05) is 12.1 Å². The first kappa shape index (κ1) is 19.2. The second-order valence-corrected chi connectivity index (χ2v) is 7.33. The lowest BCUT2D eigenvalue weighted by atomic mass is 9.86. The number of benzene rings is 2. The molecule has 0 spiro atoms. The van der Waals surface area contributed by atoms with Crippen molar-refractivity contribution in [3.63, 3.8) is 0 Å². The molecule has 6 nitrogen and oxygen atoms in total. The van der Waals surface area contributed by atoms with Crippen LogP contribution in [0.4, 0.5) is 0 Å². The van der Waals surface area contributed by atoms with Crippen LogP contribution in [-0.4, -0.2) is 22.0 Å². The minimum atomic E-state index is -0.837. The second-order valence-electron chi connectivity index (χ2n) is 7.33. The van der Waals surface area contributed by atoms with Crippen molar-refractivity contribution in [1.29, 1.82) is 0 Å². The number of carbonyl (C=O) groups is 2. The van der Waals surface area contributed by atoms with Crippen molar-refractivity contribution < 1.29 is 29.0 Å². The van der Waals surface area contributed by atoms with Crippen LogP contribution in [-0.2, 0) is 5.41 Å². The van der Waals surface area contributed by atoms with Gasteiger partial charge in [-0.1, -0.05) is 45.0 Å². The normalized spacial score (nSPS) is 11.2. The van der Waals surface area contributed by atoms with Crippen LogP contribution in [0, 0.1) is 0 Å². The number of hydrogen-bond donors (Lipinski definition) is 2. The Kier molecular flexibility index (Phi) is 4.96. The van der Waals surface area contributed by atoms with E-state index in [1.165, 1.54) is 30.5 Å². The predicted molar refractivity (Wildman–Crippen MR) is 102 cm³/mol. The molecular formula is C22H20O6. The number of ether oxygens (including phenoxy) is 1. The van der Waals surface area contributed by atoms with Crippen LogP contribution < -0.4 is 4.74 Å². The lowest BCUT2D eigenvalue weighted by molar-refractivity contribution is 0.0696. The Labute approximate surface area is 162 Å². The number of phenolic OH excluding ortho intramolecular Hbond substituents is 2. The van der Waals surface area contributed by atoms with Gasteiger partial charge in [0.1, 0.15) is 0 Å². The van der Waals surface area contributed by atoms with Crippen LogP contribution in [0.2, 0.25) is 0 Å². The molecule has 0 atom stereocenters. The van der Waals surface area contributed by atoms with Gasteiger partial charge in [-0.15, -0.1) is 0 Å². The van der Waals surface area contributed by atoms with Gasteiger partial charge in [0.25, 0.3) is 0 Å². The molecule has 1 heterocycles. The molecule has 0 amide bonds. The number of aromatic hydroxyl groups is 2. The van der Waals surface area contributed by atoms with Crippen molar-refractivity contribution in [2.24, 2.45) is 0 Å². The van der Waals surface area contributed by atoms with Crippen LogP contribution in [0.5, 0.6) is 17.2 Å². The molecule has 3 aromatic rings. The van der Waals surface area contributed by atoms with E-state index in [2.05, 4.69) is 20.8 Å². The zero-order valence-corrected chi connectivity index (χ0v) is 15.7. The summed E-state index contributed by atoms with van der Waals surface area (Å²) in [6, 6.07) is 12.5. The smallest absolute Gasteiger partial charge is 0.379 e. The molecule has 0 unspecified atom stereocenters. The van der Waals surface area contributed by atoms with E-state index < -0.39 is 23.3 Å².